The van der Waals surface area contributed by atoms with E-state index in [9.17, 15) is 9.59 Å². The van der Waals surface area contributed by atoms with E-state index < -0.39 is 0 Å². The number of ether oxygens (including phenoxy) is 2. The second kappa shape index (κ2) is 12.8. The van der Waals surface area contributed by atoms with Crippen molar-refractivity contribution in [3.63, 3.8) is 0 Å². The molecule has 2 aliphatic heterocycles. The number of carbonyl (C=O) groups excluding carboxylic acids is 2. The zero-order valence-corrected chi connectivity index (χ0v) is 28.0. The van der Waals surface area contributed by atoms with Gasteiger partial charge in [0.15, 0.2) is 0 Å². The van der Waals surface area contributed by atoms with Crippen LogP contribution in [0, 0.1) is 46.3 Å². The highest BCUT2D eigenvalue weighted by Crippen LogP contribution is 2.68. The van der Waals surface area contributed by atoms with Gasteiger partial charge in [0.1, 0.15) is 15.3 Å². The Bertz CT molecular complexity index is 921. The molecule has 6 aliphatic rings. The standard InChI is InChI=1S/C32H50O4S4/c1-20(5-4-14-35-27(33)29-37-15-16-38-29)24-8-9-25-23-7-6-21-19-22(36-28(34)30-39-17-18-40-30)10-12-31(21,2)26(23)11-13-32(24,25)3/h20-26,29-30H,4-19H2,1-3H3/t20-,21-,22-,23+,24-,25+,26+,31+,32-/m1/s1. The van der Waals surface area contributed by atoms with Crippen molar-refractivity contribution in [2.45, 2.75) is 107 Å². The van der Waals surface area contributed by atoms with Crippen LogP contribution < -0.4 is 0 Å². The topological polar surface area (TPSA) is 52.6 Å². The second-order valence-electron chi connectivity index (χ2n) is 14.2. The summed E-state index contributed by atoms with van der Waals surface area (Å²) in [7, 11) is 0. The Balaban J connectivity index is 1.01. The van der Waals surface area contributed by atoms with Crippen molar-refractivity contribution in [1.29, 1.82) is 0 Å². The summed E-state index contributed by atoms with van der Waals surface area (Å²) in [5, 5.41) is 0. The van der Waals surface area contributed by atoms with Gasteiger partial charge in [-0.15, -0.1) is 47.0 Å². The molecule has 0 radical (unpaired) electrons. The maximum absolute atomic E-state index is 12.7. The van der Waals surface area contributed by atoms with E-state index in [2.05, 4.69) is 20.8 Å². The number of hydrogen-bond donors (Lipinski definition) is 0. The highest BCUT2D eigenvalue weighted by molar-refractivity contribution is 8.21. The predicted molar refractivity (Wildman–Crippen MR) is 172 cm³/mol. The summed E-state index contributed by atoms with van der Waals surface area (Å²) in [6.45, 7) is 8.35. The van der Waals surface area contributed by atoms with Crippen molar-refractivity contribution in [3.8, 4) is 0 Å². The monoisotopic (exact) mass is 626 g/mol. The molecule has 6 rings (SSSR count). The fourth-order valence-electron chi connectivity index (χ4n) is 10.4. The molecule has 2 heterocycles. The molecule has 8 heteroatoms. The Hall–Kier alpha value is 0.340. The predicted octanol–water partition coefficient (Wildman–Crippen LogP) is 8.13. The molecule has 0 aromatic carbocycles. The zero-order chi connectivity index (χ0) is 27.9. The van der Waals surface area contributed by atoms with Crippen molar-refractivity contribution in [2.24, 2.45) is 46.3 Å². The average Bonchev–Trinajstić information content (AvgIpc) is 3.72. The molecular formula is C32H50O4S4. The van der Waals surface area contributed by atoms with Crippen LogP contribution in [0.5, 0.6) is 0 Å². The number of hydrogen-bond acceptors (Lipinski definition) is 8. The van der Waals surface area contributed by atoms with E-state index in [1.54, 1.807) is 47.0 Å². The van der Waals surface area contributed by atoms with Crippen LogP contribution in [-0.2, 0) is 19.1 Å². The maximum atomic E-state index is 12.7. The Morgan fingerprint density at radius 3 is 2.17 bits per heavy atom. The third-order valence-electron chi connectivity index (χ3n) is 12.3. The van der Waals surface area contributed by atoms with Crippen LogP contribution in [0.1, 0.15) is 91.4 Å². The molecule has 6 fully saturated rings. The molecule has 4 nitrogen and oxygen atoms in total. The highest BCUT2D eigenvalue weighted by Gasteiger charge is 2.60. The summed E-state index contributed by atoms with van der Waals surface area (Å²) in [6.07, 6.45) is 14.0. The number of rotatable bonds is 8. The van der Waals surface area contributed by atoms with Gasteiger partial charge in [0, 0.05) is 23.0 Å². The maximum Gasteiger partial charge on any atom is 0.329 e. The molecule has 0 bridgehead atoms. The van der Waals surface area contributed by atoms with E-state index in [4.69, 9.17) is 9.47 Å². The lowest BCUT2D eigenvalue weighted by Crippen LogP contribution is -2.54. The summed E-state index contributed by atoms with van der Waals surface area (Å²) >= 11 is 7.00. The lowest BCUT2D eigenvalue weighted by atomic mass is 9.44. The molecule has 40 heavy (non-hydrogen) atoms. The van der Waals surface area contributed by atoms with Gasteiger partial charge in [-0.25, -0.2) is 9.59 Å². The number of carbonyl (C=O) groups is 2. The van der Waals surface area contributed by atoms with E-state index >= 15 is 0 Å². The van der Waals surface area contributed by atoms with Crippen LogP contribution >= 0.6 is 47.0 Å². The van der Waals surface area contributed by atoms with Crippen molar-refractivity contribution >= 4 is 59.0 Å². The molecule has 0 aromatic rings. The van der Waals surface area contributed by atoms with Crippen LogP contribution in [0.15, 0.2) is 0 Å². The molecule has 4 aliphatic carbocycles. The molecule has 0 aromatic heterocycles. The van der Waals surface area contributed by atoms with Crippen molar-refractivity contribution < 1.29 is 19.1 Å². The molecule has 0 amide bonds. The van der Waals surface area contributed by atoms with Gasteiger partial charge in [-0.3, -0.25) is 0 Å². The number of thioether (sulfide) groups is 4. The Kier molecular flexibility index (Phi) is 9.68. The van der Waals surface area contributed by atoms with Gasteiger partial charge < -0.3 is 9.47 Å². The largest absolute Gasteiger partial charge is 0.464 e. The van der Waals surface area contributed by atoms with E-state index in [1.807, 2.05) is 0 Å². The number of esters is 2. The molecule has 0 spiro atoms. The van der Waals surface area contributed by atoms with Crippen LogP contribution in [0.25, 0.3) is 0 Å². The zero-order valence-electron chi connectivity index (χ0n) is 24.8. The van der Waals surface area contributed by atoms with E-state index in [-0.39, 0.29) is 27.2 Å². The first kappa shape index (κ1) is 30.4. The molecule has 226 valence electrons. The van der Waals surface area contributed by atoms with Gasteiger partial charge in [0.05, 0.1) is 6.61 Å². The summed E-state index contributed by atoms with van der Waals surface area (Å²) in [6, 6.07) is 0. The minimum Gasteiger partial charge on any atom is -0.464 e. The third kappa shape index (κ3) is 5.88. The van der Waals surface area contributed by atoms with Crippen LogP contribution in [-0.4, -0.2) is 56.8 Å². The quantitative estimate of drug-likeness (QED) is 0.198. The summed E-state index contributed by atoms with van der Waals surface area (Å²) in [5.41, 5.74) is 0.897. The van der Waals surface area contributed by atoms with Crippen molar-refractivity contribution in [3.05, 3.63) is 0 Å². The van der Waals surface area contributed by atoms with Gasteiger partial charge in [-0.05, 0) is 117 Å². The van der Waals surface area contributed by atoms with Gasteiger partial charge in [0.2, 0.25) is 0 Å². The molecule has 4 saturated carbocycles. The summed E-state index contributed by atoms with van der Waals surface area (Å²) < 4.78 is 11.8. The van der Waals surface area contributed by atoms with Crippen LogP contribution in [0.2, 0.25) is 0 Å². The molecule has 0 unspecified atom stereocenters. The molecular weight excluding hydrogens is 577 g/mol. The average molecular weight is 627 g/mol. The Morgan fingerprint density at radius 2 is 1.45 bits per heavy atom. The Labute approximate surface area is 259 Å². The van der Waals surface area contributed by atoms with Gasteiger partial charge in [-0.2, -0.15) is 0 Å². The van der Waals surface area contributed by atoms with Gasteiger partial charge in [-0.1, -0.05) is 20.8 Å². The normalized spacial score (nSPS) is 42.6. The number of fused-ring (bicyclic) bond motifs is 5. The summed E-state index contributed by atoms with van der Waals surface area (Å²) in [4.78, 5) is 25.0. The third-order valence-corrected chi connectivity index (χ3v) is 18.2. The first-order valence-electron chi connectivity index (χ1n) is 16.1. The minimum absolute atomic E-state index is 0.00511. The first-order valence-corrected chi connectivity index (χ1v) is 20.3. The first-order chi connectivity index (χ1) is 19.3. The van der Waals surface area contributed by atoms with Crippen LogP contribution in [0.3, 0.4) is 0 Å². The SMILES string of the molecule is C[C@H](CCCOC(=O)C1SCCS1)[C@H]1CC[C@H]2[C@@H]3CC[C@@H]4C[C@H](OC(=O)C5SCCS5)CC[C@]4(C)[C@H]3CC[C@]12C. The van der Waals surface area contributed by atoms with E-state index in [0.29, 0.717) is 29.3 Å². The summed E-state index contributed by atoms with van der Waals surface area (Å²) in [5.74, 6) is 9.15. The smallest absolute Gasteiger partial charge is 0.329 e. The van der Waals surface area contributed by atoms with Gasteiger partial charge >= 0.3 is 11.9 Å². The fraction of sp³-hybridized carbons (Fsp3) is 0.938. The van der Waals surface area contributed by atoms with Crippen molar-refractivity contribution in [1.82, 2.24) is 0 Å². The van der Waals surface area contributed by atoms with E-state index in [1.165, 1.54) is 51.4 Å². The fourth-order valence-corrected chi connectivity index (χ4v) is 15.5. The van der Waals surface area contributed by atoms with Crippen LogP contribution in [0.4, 0.5) is 0 Å². The Morgan fingerprint density at radius 1 is 0.800 bits per heavy atom. The molecule has 0 N–H and O–H groups in total. The molecule has 9 atom stereocenters. The second-order valence-corrected chi connectivity index (χ2v) is 19.6. The molecule has 2 saturated heterocycles. The highest BCUT2D eigenvalue weighted by atomic mass is 32.2. The minimum atomic E-state index is -0.00511. The lowest BCUT2D eigenvalue weighted by Gasteiger charge is -2.61. The van der Waals surface area contributed by atoms with Crippen molar-refractivity contribution in [2.75, 3.05) is 29.6 Å². The van der Waals surface area contributed by atoms with Gasteiger partial charge in [0.25, 0.3) is 0 Å². The lowest BCUT2D eigenvalue weighted by molar-refractivity contribution is -0.160. The van der Waals surface area contributed by atoms with E-state index in [0.717, 1.165) is 65.9 Å².